The van der Waals surface area contributed by atoms with Gasteiger partial charge in [0.1, 0.15) is 0 Å². The molecule has 1 heteroatoms. The summed E-state index contributed by atoms with van der Waals surface area (Å²) < 4.78 is 2.31. The van der Waals surface area contributed by atoms with Crippen LogP contribution in [-0.4, -0.2) is 4.40 Å². The van der Waals surface area contributed by atoms with Gasteiger partial charge in [0.05, 0.1) is 5.52 Å². The minimum Gasteiger partial charge on any atom is -0.320 e. The first-order valence-electron chi connectivity index (χ1n) is 5.88. The van der Waals surface area contributed by atoms with Gasteiger partial charge in [-0.3, -0.25) is 0 Å². The number of aryl methyl sites for hydroxylation is 1. The topological polar surface area (TPSA) is 4.41 Å². The van der Waals surface area contributed by atoms with Crippen molar-refractivity contribution in [2.45, 2.75) is 19.8 Å². The number of aromatic nitrogens is 1. The van der Waals surface area contributed by atoms with E-state index >= 15 is 0 Å². The standard InChI is InChI=1S/C15H15N/c1-2-5-13-8-9-15-14-7-4-3-6-12(14)10-11-16(13)15/h3-4,6-11H,2,5H2,1H3. The van der Waals surface area contributed by atoms with Crippen molar-refractivity contribution in [3.05, 3.63) is 54.4 Å². The van der Waals surface area contributed by atoms with Gasteiger partial charge in [0.25, 0.3) is 0 Å². The van der Waals surface area contributed by atoms with Gasteiger partial charge in [0, 0.05) is 17.3 Å². The number of benzene rings is 1. The third kappa shape index (κ3) is 1.32. The first-order chi connectivity index (χ1) is 7.90. The van der Waals surface area contributed by atoms with Gasteiger partial charge in [0.15, 0.2) is 0 Å². The van der Waals surface area contributed by atoms with Gasteiger partial charge in [-0.25, -0.2) is 0 Å². The molecule has 3 rings (SSSR count). The van der Waals surface area contributed by atoms with Crippen LogP contribution in [-0.2, 0) is 6.42 Å². The van der Waals surface area contributed by atoms with Crippen molar-refractivity contribution < 1.29 is 0 Å². The van der Waals surface area contributed by atoms with Crippen LogP contribution < -0.4 is 0 Å². The highest BCUT2D eigenvalue weighted by molar-refractivity contribution is 5.95. The third-order valence-electron chi connectivity index (χ3n) is 3.15. The second-order valence-corrected chi connectivity index (χ2v) is 4.23. The van der Waals surface area contributed by atoms with Gasteiger partial charge >= 0.3 is 0 Å². The van der Waals surface area contributed by atoms with E-state index in [1.54, 1.807) is 0 Å². The quantitative estimate of drug-likeness (QED) is 0.600. The fourth-order valence-electron chi connectivity index (χ4n) is 2.38. The number of nitrogens with zero attached hydrogens (tertiary/aromatic N) is 1. The molecule has 1 nitrogen and oxygen atoms in total. The van der Waals surface area contributed by atoms with Crippen LogP contribution in [0.25, 0.3) is 16.3 Å². The SMILES string of the molecule is CCCc1ccc2c3ccccc3ccn12. The van der Waals surface area contributed by atoms with Crippen molar-refractivity contribution in [3.8, 4) is 0 Å². The number of fused-ring (bicyclic) bond motifs is 3. The Morgan fingerprint density at radius 3 is 2.75 bits per heavy atom. The lowest BCUT2D eigenvalue weighted by atomic mass is 10.1. The van der Waals surface area contributed by atoms with Crippen LogP contribution in [0.15, 0.2) is 48.7 Å². The van der Waals surface area contributed by atoms with Gasteiger partial charge in [-0.1, -0.05) is 37.6 Å². The molecule has 3 aromatic rings. The van der Waals surface area contributed by atoms with Crippen LogP contribution >= 0.6 is 0 Å². The summed E-state index contributed by atoms with van der Waals surface area (Å²) in [6.07, 6.45) is 4.52. The molecule has 2 aromatic heterocycles. The van der Waals surface area contributed by atoms with E-state index in [2.05, 4.69) is 60.0 Å². The zero-order chi connectivity index (χ0) is 11.0. The largest absolute Gasteiger partial charge is 0.320 e. The molecule has 0 aliphatic heterocycles. The van der Waals surface area contributed by atoms with Gasteiger partial charge in [-0.05, 0) is 30.0 Å². The minimum absolute atomic E-state index is 1.15. The molecule has 0 radical (unpaired) electrons. The van der Waals surface area contributed by atoms with E-state index in [1.165, 1.54) is 28.4 Å². The summed E-state index contributed by atoms with van der Waals surface area (Å²) in [6.45, 7) is 2.22. The number of rotatable bonds is 2. The molecule has 0 unspecified atom stereocenters. The molecule has 0 aliphatic rings. The Balaban J connectivity index is 2.36. The lowest BCUT2D eigenvalue weighted by molar-refractivity contribution is 0.869. The van der Waals surface area contributed by atoms with Crippen LogP contribution in [0.3, 0.4) is 0 Å². The highest BCUT2D eigenvalue weighted by Gasteiger charge is 2.03. The van der Waals surface area contributed by atoms with E-state index in [4.69, 9.17) is 0 Å². The van der Waals surface area contributed by atoms with Crippen LogP contribution in [0.1, 0.15) is 19.0 Å². The Morgan fingerprint density at radius 1 is 1.00 bits per heavy atom. The molecule has 0 saturated heterocycles. The molecule has 0 atom stereocenters. The van der Waals surface area contributed by atoms with E-state index in [-0.39, 0.29) is 0 Å². The molecule has 0 saturated carbocycles. The molecule has 2 heterocycles. The first-order valence-corrected chi connectivity index (χ1v) is 5.88. The molecule has 0 N–H and O–H groups in total. The number of hydrogen-bond acceptors (Lipinski definition) is 0. The Morgan fingerprint density at radius 2 is 1.88 bits per heavy atom. The molecular weight excluding hydrogens is 194 g/mol. The van der Waals surface area contributed by atoms with Crippen molar-refractivity contribution in [2.24, 2.45) is 0 Å². The van der Waals surface area contributed by atoms with Crippen LogP contribution in [0, 0.1) is 0 Å². The minimum atomic E-state index is 1.15. The van der Waals surface area contributed by atoms with E-state index in [9.17, 15) is 0 Å². The van der Waals surface area contributed by atoms with Crippen molar-refractivity contribution in [2.75, 3.05) is 0 Å². The maximum Gasteiger partial charge on any atom is 0.0531 e. The fourth-order valence-corrected chi connectivity index (χ4v) is 2.38. The molecule has 1 aromatic carbocycles. The molecule has 16 heavy (non-hydrogen) atoms. The molecular formula is C15H15N. The molecule has 0 amide bonds. The van der Waals surface area contributed by atoms with Crippen LogP contribution in [0.5, 0.6) is 0 Å². The van der Waals surface area contributed by atoms with Crippen molar-refractivity contribution >= 4 is 16.3 Å². The van der Waals surface area contributed by atoms with Gasteiger partial charge in [0.2, 0.25) is 0 Å². The highest BCUT2D eigenvalue weighted by Crippen LogP contribution is 2.22. The summed E-state index contributed by atoms with van der Waals surface area (Å²) in [5.41, 5.74) is 2.73. The Kier molecular flexibility index (Phi) is 2.17. The number of pyridine rings is 1. The lowest BCUT2D eigenvalue weighted by Gasteiger charge is -2.04. The van der Waals surface area contributed by atoms with Gasteiger partial charge in [-0.15, -0.1) is 0 Å². The molecule has 80 valence electrons. The number of hydrogen-bond donors (Lipinski definition) is 0. The Hall–Kier alpha value is -1.76. The Labute approximate surface area is 95.3 Å². The van der Waals surface area contributed by atoms with E-state index in [1.807, 2.05) is 0 Å². The van der Waals surface area contributed by atoms with E-state index < -0.39 is 0 Å². The Bertz CT molecular complexity index is 634. The van der Waals surface area contributed by atoms with Gasteiger partial charge < -0.3 is 4.40 Å². The lowest BCUT2D eigenvalue weighted by Crippen LogP contribution is -1.91. The summed E-state index contributed by atoms with van der Waals surface area (Å²) >= 11 is 0. The second kappa shape index (κ2) is 3.67. The average molecular weight is 209 g/mol. The van der Waals surface area contributed by atoms with Crippen molar-refractivity contribution in [1.29, 1.82) is 0 Å². The summed E-state index contributed by atoms with van der Waals surface area (Å²) in [5.74, 6) is 0. The van der Waals surface area contributed by atoms with Crippen LogP contribution in [0.4, 0.5) is 0 Å². The van der Waals surface area contributed by atoms with Crippen molar-refractivity contribution in [1.82, 2.24) is 4.40 Å². The fraction of sp³-hybridized carbons (Fsp3) is 0.200. The van der Waals surface area contributed by atoms with Gasteiger partial charge in [-0.2, -0.15) is 0 Å². The van der Waals surface area contributed by atoms with Crippen molar-refractivity contribution in [3.63, 3.8) is 0 Å². The molecule has 0 fully saturated rings. The second-order valence-electron chi connectivity index (χ2n) is 4.23. The van der Waals surface area contributed by atoms with Crippen LogP contribution in [0.2, 0.25) is 0 Å². The zero-order valence-corrected chi connectivity index (χ0v) is 9.48. The normalized spacial score (nSPS) is 11.3. The van der Waals surface area contributed by atoms with E-state index in [0.29, 0.717) is 0 Å². The summed E-state index contributed by atoms with van der Waals surface area (Å²) in [5, 5.41) is 2.66. The molecule has 0 aliphatic carbocycles. The van der Waals surface area contributed by atoms with E-state index in [0.717, 1.165) is 6.42 Å². The molecule has 0 spiro atoms. The average Bonchev–Trinajstić information content (AvgIpc) is 2.73. The maximum atomic E-state index is 2.31. The summed E-state index contributed by atoms with van der Waals surface area (Å²) in [7, 11) is 0. The zero-order valence-electron chi connectivity index (χ0n) is 9.48. The monoisotopic (exact) mass is 209 g/mol. The third-order valence-corrected chi connectivity index (χ3v) is 3.15. The first kappa shape index (κ1) is 9.46. The summed E-state index contributed by atoms with van der Waals surface area (Å²) in [6, 6.07) is 15.2. The molecule has 0 bridgehead atoms. The highest BCUT2D eigenvalue weighted by atomic mass is 14.9. The smallest absolute Gasteiger partial charge is 0.0531 e. The maximum absolute atomic E-state index is 2.31. The predicted molar refractivity (Wildman–Crippen MR) is 68.9 cm³/mol. The predicted octanol–water partition coefficient (Wildman–Crippen LogP) is 4.05. The summed E-state index contributed by atoms with van der Waals surface area (Å²) in [4.78, 5) is 0.